The van der Waals surface area contributed by atoms with Gasteiger partial charge in [0.25, 0.3) is 0 Å². The van der Waals surface area contributed by atoms with Gasteiger partial charge in [-0.1, -0.05) is 38.1 Å². The number of urea groups is 1. The van der Waals surface area contributed by atoms with Crippen LogP contribution in [0.4, 0.5) is 9.18 Å². The highest BCUT2D eigenvalue weighted by Gasteiger charge is 2.27. The maximum absolute atomic E-state index is 13.6. The van der Waals surface area contributed by atoms with Crippen LogP contribution in [0, 0.1) is 11.7 Å². The summed E-state index contributed by atoms with van der Waals surface area (Å²) in [5.41, 5.74) is -0.313. The van der Waals surface area contributed by atoms with E-state index in [1.807, 2.05) is 13.8 Å². The summed E-state index contributed by atoms with van der Waals surface area (Å²) in [7, 11) is 1.29. The minimum Gasteiger partial charge on any atom is -0.493 e. The molecule has 0 aromatic heterocycles. The van der Waals surface area contributed by atoms with Crippen molar-refractivity contribution < 1.29 is 27.6 Å². The van der Waals surface area contributed by atoms with Crippen LogP contribution in [0.15, 0.2) is 48.4 Å². The van der Waals surface area contributed by atoms with Crippen LogP contribution in [0.1, 0.15) is 51.5 Å². The zero-order chi connectivity index (χ0) is 31.1. The third kappa shape index (κ3) is 7.24. The van der Waals surface area contributed by atoms with Gasteiger partial charge in [-0.25, -0.2) is 9.18 Å². The first kappa shape index (κ1) is 13.1. The summed E-state index contributed by atoms with van der Waals surface area (Å²) in [4.78, 5) is 15.6. The van der Waals surface area contributed by atoms with Gasteiger partial charge < -0.3 is 19.9 Å². The molecule has 31 heavy (non-hydrogen) atoms. The van der Waals surface area contributed by atoms with E-state index in [9.17, 15) is 9.18 Å². The Morgan fingerprint density at radius 3 is 2.52 bits per heavy atom. The second-order valence-electron chi connectivity index (χ2n) is 7.66. The number of benzene rings is 2. The Hall–Kier alpha value is -2.60. The molecule has 0 spiro atoms. The molecule has 0 bridgehead atoms. The SMILES string of the molecule is [2H]c1c([2H])c(C([2H])([2H])NC(=O)N(Cc2ccc(F)cc2)C2CC([2H])([2H])N(C)C([2H])([2H])C2)c([2H])c([2H])c1OCC(C)C. The predicted octanol–water partition coefficient (Wildman–Crippen LogP) is 4.67. The van der Waals surface area contributed by atoms with E-state index in [1.54, 1.807) is 0 Å². The number of likely N-dealkylation sites (tertiary alicyclic amines) is 1. The molecule has 168 valence electrons. The molecule has 6 heteroatoms. The van der Waals surface area contributed by atoms with Gasteiger partial charge in [0.1, 0.15) is 11.6 Å². The van der Waals surface area contributed by atoms with E-state index in [0.717, 1.165) is 21.9 Å². The van der Waals surface area contributed by atoms with Gasteiger partial charge in [-0.05, 0) is 74.1 Å². The van der Waals surface area contributed by atoms with Crippen molar-refractivity contribution in [2.75, 3.05) is 26.6 Å². The van der Waals surface area contributed by atoms with Crippen LogP contribution in [-0.4, -0.2) is 48.5 Å². The van der Waals surface area contributed by atoms with E-state index in [2.05, 4.69) is 5.32 Å². The Labute approximate surface area is 199 Å². The zero-order valence-corrected chi connectivity index (χ0v) is 17.9. The first-order chi connectivity index (χ1) is 18.8. The van der Waals surface area contributed by atoms with E-state index < -0.39 is 67.1 Å². The lowest BCUT2D eigenvalue weighted by molar-refractivity contribution is 0.127. The Morgan fingerprint density at radius 2 is 1.90 bits per heavy atom. The van der Waals surface area contributed by atoms with Crippen molar-refractivity contribution in [2.24, 2.45) is 5.92 Å². The van der Waals surface area contributed by atoms with Crippen LogP contribution >= 0.6 is 0 Å². The highest BCUT2D eigenvalue weighted by Crippen LogP contribution is 2.19. The molecule has 1 saturated heterocycles. The second kappa shape index (κ2) is 11.1. The van der Waals surface area contributed by atoms with E-state index in [0.29, 0.717) is 5.56 Å². The van der Waals surface area contributed by atoms with Crippen LogP contribution < -0.4 is 10.1 Å². The Balaban J connectivity index is 2.01. The van der Waals surface area contributed by atoms with E-state index in [4.69, 9.17) is 18.4 Å². The van der Waals surface area contributed by atoms with Crippen LogP contribution in [0.3, 0.4) is 0 Å². The van der Waals surface area contributed by atoms with Gasteiger partial charge >= 0.3 is 6.03 Å². The van der Waals surface area contributed by atoms with Gasteiger partial charge in [-0.3, -0.25) is 0 Å². The number of rotatable bonds is 8. The first-order valence-corrected chi connectivity index (χ1v) is 10.1. The molecule has 1 N–H and O–H groups in total. The van der Waals surface area contributed by atoms with E-state index >= 15 is 0 Å². The number of amides is 2. The molecular formula is C25H34FN3O2. The number of ether oxygens (including phenoxy) is 1. The molecule has 2 aromatic rings. The van der Waals surface area contributed by atoms with Gasteiger partial charge in [0, 0.05) is 24.6 Å². The van der Waals surface area contributed by atoms with Crippen LogP contribution in [0.2, 0.25) is 0 Å². The number of nitrogens with one attached hydrogen (secondary N) is 1. The smallest absolute Gasteiger partial charge is 0.318 e. The number of carbonyl (C=O) groups excluding carboxylic acids is 1. The van der Waals surface area contributed by atoms with Gasteiger partial charge in [0.15, 0.2) is 0 Å². The molecule has 1 fully saturated rings. The van der Waals surface area contributed by atoms with Gasteiger partial charge in [-0.2, -0.15) is 0 Å². The highest BCUT2D eigenvalue weighted by molar-refractivity contribution is 5.74. The average Bonchev–Trinajstić information content (AvgIpc) is 2.84. The lowest BCUT2D eigenvalue weighted by atomic mass is 10.0. The van der Waals surface area contributed by atoms with Crippen molar-refractivity contribution in [3.05, 3.63) is 65.4 Å². The summed E-state index contributed by atoms with van der Waals surface area (Å²) < 4.78 is 103. The monoisotopic (exact) mass is 437 g/mol. The molecule has 1 aliphatic heterocycles. The largest absolute Gasteiger partial charge is 0.493 e. The third-order valence-electron chi connectivity index (χ3n) is 4.55. The van der Waals surface area contributed by atoms with Crippen molar-refractivity contribution in [3.8, 4) is 5.75 Å². The number of hydrogen-bond donors (Lipinski definition) is 1. The summed E-state index contributed by atoms with van der Waals surface area (Å²) in [5, 5.41) is 2.11. The third-order valence-corrected chi connectivity index (χ3v) is 4.55. The lowest BCUT2D eigenvalue weighted by Gasteiger charge is -2.37. The van der Waals surface area contributed by atoms with Crippen molar-refractivity contribution in [2.45, 2.75) is 45.8 Å². The zero-order valence-electron chi connectivity index (χ0n) is 27.9. The molecule has 0 saturated carbocycles. The van der Waals surface area contributed by atoms with Crippen LogP contribution in [0.25, 0.3) is 0 Å². The Bertz CT molecular complexity index is 1230. The molecule has 0 aliphatic carbocycles. The molecular weight excluding hydrogens is 393 g/mol. The molecule has 5 nitrogen and oxygen atoms in total. The number of hydrogen-bond acceptors (Lipinski definition) is 3. The number of halogens is 1. The van der Waals surface area contributed by atoms with Gasteiger partial charge in [-0.15, -0.1) is 0 Å². The Kier molecular flexibility index (Phi) is 4.70. The number of nitrogens with zero attached hydrogens (tertiary/aromatic N) is 2. The van der Waals surface area contributed by atoms with E-state index in [-0.39, 0.29) is 37.7 Å². The predicted molar refractivity (Wildman–Crippen MR) is 121 cm³/mol. The lowest BCUT2D eigenvalue weighted by Crippen LogP contribution is -2.49. The molecule has 2 amide bonds. The van der Waals surface area contributed by atoms with Gasteiger partial charge in [0.2, 0.25) is 0 Å². The molecule has 0 radical (unpaired) electrons. The molecule has 1 heterocycles. The number of carbonyl (C=O) groups is 1. The maximum atomic E-state index is 13.6. The fourth-order valence-corrected chi connectivity index (χ4v) is 2.86. The Morgan fingerprint density at radius 1 is 1.26 bits per heavy atom. The summed E-state index contributed by atoms with van der Waals surface area (Å²) in [6.45, 7) is -3.74. The second-order valence-corrected chi connectivity index (χ2v) is 7.66. The maximum Gasteiger partial charge on any atom is 0.318 e. The van der Waals surface area contributed by atoms with E-state index in [1.165, 1.54) is 19.2 Å². The highest BCUT2D eigenvalue weighted by atomic mass is 19.1. The summed E-state index contributed by atoms with van der Waals surface area (Å²) in [6, 6.07) is 0.224. The van der Waals surface area contributed by atoms with Crippen LogP contribution in [-0.2, 0) is 13.0 Å². The molecule has 0 unspecified atom stereocenters. The first-order valence-electron chi connectivity index (χ1n) is 15.1. The summed E-state index contributed by atoms with van der Waals surface area (Å²) in [5.74, 6) is -0.850. The van der Waals surface area contributed by atoms with Crippen LogP contribution in [0.5, 0.6) is 5.75 Å². The topological polar surface area (TPSA) is 44.8 Å². The summed E-state index contributed by atoms with van der Waals surface area (Å²) >= 11 is 0. The summed E-state index contributed by atoms with van der Waals surface area (Å²) in [6.07, 6.45) is -0.632. The molecule has 3 rings (SSSR count). The van der Waals surface area contributed by atoms with Crippen molar-refractivity contribution in [1.29, 1.82) is 0 Å². The normalized spacial score (nSPS) is 23.5. The van der Waals surface area contributed by atoms with Crippen molar-refractivity contribution >= 4 is 6.03 Å². The molecule has 1 aliphatic rings. The van der Waals surface area contributed by atoms with Crippen molar-refractivity contribution in [3.63, 3.8) is 0 Å². The molecule has 2 aromatic carbocycles. The average molecular weight is 438 g/mol. The number of piperidine rings is 1. The van der Waals surface area contributed by atoms with Crippen molar-refractivity contribution in [1.82, 2.24) is 15.1 Å². The quantitative estimate of drug-likeness (QED) is 0.653. The minimum absolute atomic E-state index is 0.0200. The fraction of sp³-hybridized carbons (Fsp3) is 0.480. The molecule has 0 atom stereocenters. The minimum atomic E-state index is -2.93. The standard InChI is InChI=1S/C25H34FN3O2/c1-19(2)18-31-24-10-6-20(7-11-24)16-27-25(30)29(23-12-14-28(3)15-13-23)17-21-4-8-22(26)9-5-21/h4-11,19,23H,12-18H2,1-3H3,(H,27,30)/i6D,7D,10D,11D,14D2,15D2,16D2. The fourth-order valence-electron chi connectivity index (χ4n) is 2.86. The van der Waals surface area contributed by atoms with Gasteiger partial charge in [0.05, 0.1) is 14.8 Å².